The Labute approximate surface area is 103 Å². The molecule has 0 radical (unpaired) electrons. The van der Waals surface area contributed by atoms with Crippen molar-refractivity contribution >= 4 is 0 Å². The van der Waals surface area contributed by atoms with E-state index in [-0.39, 0.29) is 5.60 Å². The van der Waals surface area contributed by atoms with Gasteiger partial charge in [-0.1, -0.05) is 24.1 Å². The van der Waals surface area contributed by atoms with Crippen LogP contribution in [0.1, 0.15) is 38.8 Å². The van der Waals surface area contributed by atoms with Crippen LogP contribution in [0, 0.1) is 11.8 Å². The molecule has 17 heavy (non-hydrogen) atoms. The summed E-state index contributed by atoms with van der Waals surface area (Å²) < 4.78 is 5.98. The van der Waals surface area contributed by atoms with Crippen molar-refractivity contribution in [3.05, 3.63) is 29.8 Å². The Morgan fingerprint density at radius 3 is 2.94 bits per heavy atom. The predicted molar refractivity (Wildman–Crippen MR) is 70.0 cm³/mol. The maximum Gasteiger partial charge on any atom is 0.124 e. The molecule has 0 saturated carbocycles. The Bertz CT molecular complexity index is 453. The molecule has 2 nitrogen and oxygen atoms in total. The number of benzene rings is 1. The van der Waals surface area contributed by atoms with E-state index in [9.17, 15) is 0 Å². The molecule has 90 valence electrons. The van der Waals surface area contributed by atoms with Crippen molar-refractivity contribution in [3.8, 4) is 17.6 Å². The zero-order valence-corrected chi connectivity index (χ0v) is 10.7. The zero-order valence-electron chi connectivity index (χ0n) is 10.7. The summed E-state index contributed by atoms with van der Waals surface area (Å²) in [4.78, 5) is 0. The van der Waals surface area contributed by atoms with Crippen molar-refractivity contribution in [3.63, 3.8) is 0 Å². The average molecular weight is 229 g/mol. The minimum Gasteiger partial charge on any atom is -0.487 e. The molecule has 0 aromatic heterocycles. The van der Waals surface area contributed by atoms with E-state index >= 15 is 0 Å². The lowest BCUT2D eigenvalue weighted by molar-refractivity contribution is 0.0669. The lowest BCUT2D eigenvalue weighted by Crippen LogP contribution is -2.39. The molecule has 1 atom stereocenters. The zero-order chi connectivity index (χ0) is 12.3. The van der Waals surface area contributed by atoms with Crippen LogP contribution in [0.4, 0.5) is 0 Å². The number of fused-ring (bicyclic) bond motifs is 1. The summed E-state index contributed by atoms with van der Waals surface area (Å²) in [5.41, 5.74) is 1.12. The van der Waals surface area contributed by atoms with Crippen LogP contribution in [0.15, 0.2) is 24.3 Å². The van der Waals surface area contributed by atoms with Crippen LogP contribution in [0.25, 0.3) is 0 Å². The SMILES string of the molecule is CC#CCNC1CC(C)(C)Oc2ccccc21. The van der Waals surface area contributed by atoms with Crippen LogP contribution in [0.3, 0.4) is 0 Å². The van der Waals surface area contributed by atoms with E-state index in [0.717, 1.165) is 18.7 Å². The Morgan fingerprint density at radius 2 is 2.18 bits per heavy atom. The monoisotopic (exact) mass is 229 g/mol. The van der Waals surface area contributed by atoms with Gasteiger partial charge in [0.05, 0.1) is 6.54 Å². The minimum absolute atomic E-state index is 0.119. The van der Waals surface area contributed by atoms with Crippen molar-refractivity contribution in [1.29, 1.82) is 0 Å². The third-order valence-corrected chi connectivity index (χ3v) is 2.99. The van der Waals surface area contributed by atoms with Gasteiger partial charge in [-0.05, 0) is 26.8 Å². The number of para-hydroxylation sites is 1. The molecule has 1 heterocycles. The van der Waals surface area contributed by atoms with Crippen molar-refractivity contribution in [2.75, 3.05) is 6.54 Å². The molecule has 0 amide bonds. The van der Waals surface area contributed by atoms with Crippen molar-refractivity contribution in [1.82, 2.24) is 5.32 Å². The second-order valence-electron chi connectivity index (χ2n) is 4.96. The fourth-order valence-corrected chi connectivity index (χ4v) is 2.25. The molecule has 1 unspecified atom stereocenters. The predicted octanol–water partition coefficient (Wildman–Crippen LogP) is 2.90. The lowest BCUT2D eigenvalue weighted by atomic mass is 9.90. The normalized spacial score (nSPS) is 20.8. The van der Waals surface area contributed by atoms with Crippen LogP contribution in [-0.4, -0.2) is 12.1 Å². The quantitative estimate of drug-likeness (QED) is 0.787. The first-order valence-electron chi connectivity index (χ1n) is 6.03. The van der Waals surface area contributed by atoms with Gasteiger partial charge in [-0.15, -0.1) is 5.92 Å². The van der Waals surface area contributed by atoms with E-state index in [1.165, 1.54) is 5.56 Å². The van der Waals surface area contributed by atoms with Crippen LogP contribution in [0.5, 0.6) is 5.75 Å². The number of ether oxygens (including phenoxy) is 1. The molecule has 2 heteroatoms. The molecule has 1 N–H and O–H groups in total. The first-order chi connectivity index (χ1) is 8.12. The second-order valence-corrected chi connectivity index (χ2v) is 4.96. The molecule has 2 rings (SSSR count). The van der Waals surface area contributed by atoms with Gasteiger partial charge >= 0.3 is 0 Å². The molecule has 1 aromatic carbocycles. The van der Waals surface area contributed by atoms with Crippen molar-refractivity contribution in [2.24, 2.45) is 0 Å². The van der Waals surface area contributed by atoms with Crippen LogP contribution < -0.4 is 10.1 Å². The summed E-state index contributed by atoms with van der Waals surface area (Å²) in [6.07, 6.45) is 0.968. The standard InChI is InChI=1S/C15H19NO/c1-4-5-10-16-13-11-15(2,3)17-14-9-7-6-8-12(13)14/h6-9,13,16H,10-11H2,1-3H3. The molecule has 1 aromatic rings. The number of nitrogens with one attached hydrogen (secondary N) is 1. The van der Waals surface area contributed by atoms with Gasteiger partial charge in [0, 0.05) is 18.0 Å². The van der Waals surface area contributed by atoms with Crippen molar-refractivity contribution in [2.45, 2.75) is 38.8 Å². The van der Waals surface area contributed by atoms with Crippen LogP contribution >= 0.6 is 0 Å². The van der Waals surface area contributed by atoms with E-state index in [2.05, 4.69) is 43.1 Å². The highest BCUT2D eigenvalue weighted by molar-refractivity contribution is 5.38. The van der Waals surface area contributed by atoms with Gasteiger partial charge in [0.25, 0.3) is 0 Å². The maximum atomic E-state index is 5.98. The Hall–Kier alpha value is -1.46. The molecule has 1 aliphatic heterocycles. The minimum atomic E-state index is -0.119. The highest BCUT2D eigenvalue weighted by Gasteiger charge is 2.32. The van der Waals surface area contributed by atoms with Crippen molar-refractivity contribution < 1.29 is 4.74 Å². The Balaban J connectivity index is 2.22. The molecule has 0 aliphatic carbocycles. The Kier molecular flexibility index (Phi) is 3.40. The molecule has 0 spiro atoms. The molecule has 0 saturated heterocycles. The summed E-state index contributed by atoms with van der Waals surface area (Å²) in [5, 5.41) is 3.48. The molecule has 1 aliphatic rings. The lowest BCUT2D eigenvalue weighted by Gasteiger charge is -2.37. The summed E-state index contributed by atoms with van der Waals surface area (Å²) in [5.74, 6) is 6.95. The third kappa shape index (κ3) is 2.81. The first kappa shape index (κ1) is 12.0. The second kappa shape index (κ2) is 4.81. The van der Waals surface area contributed by atoms with E-state index < -0.39 is 0 Å². The number of hydrogen-bond donors (Lipinski definition) is 1. The van der Waals surface area contributed by atoms with E-state index in [4.69, 9.17) is 4.74 Å². The molecule has 0 fully saturated rings. The highest BCUT2D eigenvalue weighted by Crippen LogP contribution is 2.38. The van der Waals surface area contributed by atoms with Crippen LogP contribution in [-0.2, 0) is 0 Å². The largest absolute Gasteiger partial charge is 0.487 e. The summed E-state index contributed by atoms with van der Waals surface area (Å²) in [6.45, 7) is 6.85. The van der Waals surface area contributed by atoms with Gasteiger partial charge in [-0.2, -0.15) is 0 Å². The van der Waals surface area contributed by atoms with E-state index in [1.54, 1.807) is 0 Å². The van der Waals surface area contributed by atoms with Gasteiger partial charge in [-0.3, -0.25) is 5.32 Å². The van der Waals surface area contributed by atoms with Gasteiger partial charge < -0.3 is 4.74 Å². The first-order valence-corrected chi connectivity index (χ1v) is 6.03. The van der Waals surface area contributed by atoms with Gasteiger partial charge in [0.1, 0.15) is 11.4 Å². The molecule has 0 bridgehead atoms. The molecular formula is C15H19NO. The average Bonchev–Trinajstić information content (AvgIpc) is 2.28. The fraction of sp³-hybridized carbons (Fsp3) is 0.467. The van der Waals surface area contributed by atoms with E-state index in [0.29, 0.717) is 6.04 Å². The highest BCUT2D eigenvalue weighted by atomic mass is 16.5. The third-order valence-electron chi connectivity index (χ3n) is 2.99. The maximum absolute atomic E-state index is 5.98. The Morgan fingerprint density at radius 1 is 1.41 bits per heavy atom. The fourth-order valence-electron chi connectivity index (χ4n) is 2.25. The molecular weight excluding hydrogens is 210 g/mol. The smallest absolute Gasteiger partial charge is 0.124 e. The number of hydrogen-bond acceptors (Lipinski definition) is 2. The van der Waals surface area contributed by atoms with Gasteiger partial charge in [0.15, 0.2) is 0 Å². The van der Waals surface area contributed by atoms with Gasteiger partial charge in [-0.25, -0.2) is 0 Å². The van der Waals surface area contributed by atoms with Gasteiger partial charge in [0.2, 0.25) is 0 Å². The summed E-state index contributed by atoms with van der Waals surface area (Å²) in [6, 6.07) is 8.57. The topological polar surface area (TPSA) is 21.3 Å². The summed E-state index contributed by atoms with van der Waals surface area (Å²) in [7, 11) is 0. The summed E-state index contributed by atoms with van der Waals surface area (Å²) >= 11 is 0. The van der Waals surface area contributed by atoms with E-state index in [1.807, 2.05) is 19.1 Å². The van der Waals surface area contributed by atoms with Crippen LogP contribution in [0.2, 0.25) is 0 Å². The number of rotatable bonds is 2.